The van der Waals surface area contributed by atoms with E-state index in [1.165, 1.54) is 4.31 Å². The summed E-state index contributed by atoms with van der Waals surface area (Å²) in [7, 11) is -3.77. The standard InChI is InChI=1S/C19H15IN2O3S/c1-12(19(23)21-15-10-8-14(20)9-11-15)22-16-6-2-4-13-5-3-7-17(18(13)16)26(22,24)25/h2-12H,1H3,(H,21,23)/t12-/m1/s1. The van der Waals surface area contributed by atoms with E-state index in [1.807, 2.05) is 24.3 Å². The molecule has 1 atom stereocenters. The number of rotatable bonds is 3. The lowest BCUT2D eigenvalue weighted by molar-refractivity contribution is -0.116. The van der Waals surface area contributed by atoms with Gasteiger partial charge in [-0.25, -0.2) is 8.42 Å². The van der Waals surface area contributed by atoms with Crippen LogP contribution in [0.15, 0.2) is 65.6 Å². The number of benzene rings is 3. The molecule has 1 amide bonds. The molecule has 0 saturated heterocycles. The molecule has 0 saturated carbocycles. The molecule has 0 unspecified atom stereocenters. The average Bonchev–Trinajstić information content (AvgIpc) is 2.85. The number of anilines is 2. The SMILES string of the molecule is C[C@H](C(=O)Nc1ccc(I)cc1)N1c2cccc3cccc(c23)S1(=O)=O. The number of nitrogens with one attached hydrogen (secondary N) is 1. The van der Waals surface area contributed by atoms with Crippen LogP contribution in [-0.2, 0) is 14.8 Å². The van der Waals surface area contributed by atoms with Crippen LogP contribution in [0.1, 0.15) is 6.92 Å². The molecule has 0 aliphatic carbocycles. The van der Waals surface area contributed by atoms with Crippen molar-refractivity contribution in [1.29, 1.82) is 0 Å². The van der Waals surface area contributed by atoms with Crippen molar-refractivity contribution in [3.8, 4) is 0 Å². The highest BCUT2D eigenvalue weighted by atomic mass is 127. The van der Waals surface area contributed by atoms with Crippen molar-refractivity contribution in [2.24, 2.45) is 0 Å². The Morgan fingerprint density at radius 3 is 2.38 bits per heavy atom. The molecule has 1 heterocycles. The summed E-state index contributed by atoms with van der Waals surface area (Å²) in [6.45, 7) is 1.60. The van der Waals surface area contributed by atoms with Crippen LogP contribution in [0, 0.1) is 3.57 Å². The van der Waals surface area contributed by atoms with Crippen molar-refractivity contribution in [2.45, 2.75) is 17.9 Å². The Hall–Kier alpha value is -2.13. The predicted octanol–water partition coefficient (Wildman–Crippen LogP) is 3.98. The lowest BCUT2D eigenvalue weighted by atomic mass is 10.1. The van der Waals surface area contributed by atoms with Crippen LogP contribution in [0.3, 0.4) is 0 Å². The number of carbonyl (C=O) groups excluding carboxylic acids is 1. The molecule has 4 rings (SSSR count). The number of hydrogen-bond acceptors (Lipinski definition) is 3. The Morgan fingerprint density at radius 2 is 1.69 bits per heavy atom. The van der Waals surface area contributed by atoms with Crippen molar-refractivity contribution < 1.29 is 13.2 Å². The fraction of sp³-hybridized carbons (Fsp3) is 0.105. The molecule has 1 aliphatic heterocycles. The van der Waals surface area contributed by atoms with E-state index < -0.39 is 16.1 Å². The van der Waals surface area contributed by atoms with Crippen LogP contribution < -0.4 is 9.62 Å². The van der Waals surface area contributed by atoms with Gasteiger partial charge in [0.2, 0.25) is 5.91 Å². The summed E-state index contributed by atoms with van der Waals surface area (Å²) >= 11 is 2.18. The van der Waals surface area contributed by atoms with E-state index in [-0.39, 0.29) is 10.8 Å². The first-order valence-electron chi connectivity index (χ1n) is 8.02. The molecule has 3 aromatic carbocycles. The van der Waals surface area contributed by atoms with Gasteiger partial charge in [-0.3, -0.25) is 9.10 Å². The molecule has 132 valence electrons. The van der Waals surface area contributed by atoms with Gasteiger partial charge < -0.3 is 5.32 Å². The highest BCUT2D eigenvalue weighted by Gasteiger charge is 2.40. The van der Waals surface area contributed by atoms with Crippen molar-refractivity contribution in [2.75, 3.05) is 9.62 Å². The highest BCUT2D eigenvalue weighted by molar-refractivity contribution is 14.1. The molecule has 0 aromatic heterocycles. The van der Waals surface area contributed by atoms with Crippen LogP contribution >= 0.6 is 22.6 Å². The first-order chi connectivity index (χ1) is 12.4. The highest BCUT2D eigenvalue weighted by Crippen LogP contribution is 2.43. The predicted molar refractivity (Wildman–Crippen MR) is 111 cm³/mol. The fourth-order valence-corrected chi connectivity index (χ4v) is 5.45. The van der Waals surface area contributed by atoms with Gasteiger partial charge in [-0.15, -0.1) is 0 Å². The third-order valence-electron chi connectivity index (χ3n) is 4.46. The summed E-state index contributed by atoms with van der Waals surface area (Å²) in [4.78, 5) is 13.0. The minimum Gasteiger partial charge on any atom is -0.324 e. The Morgan fingerprint density at radius 1 is 1.04 bits per heavy atom. The van der Waals surface area contributed by atoms with E-state index in [2.05, 4.69) is 27.9 Å². The van der Waals surface area contributed by atoms with Crippen LogP contribution in [0.2, 0.25) is 0 Å². The van der Waals surface area contributed by atoms with E-state index in [1.54, 1.807) is 43.3 Å². The molecule has 3 aromatic rings. The minimum atomic E-state index is -3.77. The van der Waals surface area contributed by atoms with E-state index in [0.717, 1.165) is 8.96 Å². The Labute approximate surface area is 165 Å². The van der Waals surface area contributed by atoms with Gasteiger partial charge in [-0.05, 0) is 71.3 Å². The molecule has 5 nitrogen and oxygen atoms in total. The molecular weight excluding hydrogens is 463 g/mol. The summed E-state index contributed by atoms with van der Waals surface area (Å²) < 4.78 is 28.4. The van der Waals surface area contributed by atoms with Crippen molar-refractivity contribution in [1.82, 2.24) is 0 Å². The van der Waals surface area contributed by atoms with Crippen LogP contribution in [0.25, 0.3) is 10.8 Å². The average molecular weight is 478 g/mol. The molecule has 0 bridgehead atoms. The van der Waals surface area contributed by atoms with Gasteiger partial charge in [0, 0.05) is 14.6 Å². The van der Waals surface area contributed by atoms with Gasteiger partial charge in [0.05, 0.1) is 10.6 Å². The second-order valence-corrected chi connectivity index (χ2v) is 9.13. The van der Waals surface area contributed by atoms with Crippen molar-refractivity contribution in [3.63, 3.8) is 0 Å². The smallest absolute Gasteiger partial charge is 0.265 e. The second-order valence-electron chi connectivity index (χ2n) is 6.10. The summed E-state index contributed by atoms with van der Waals surface area (Å²) in [6, 6.07) is 17.1. The second kappa shape index (κ2) is 6.24. The van der Waals surface area contributed by atoms with Gasteiger partial charge in [0.15, 0.2) is 0 Å². The quantitative estimate of drug-likeness (QED) is 0.580. The van der Waals surface area contributed by atoms with E-state index in [4.69, 9.17) is 0 Å². The first-order valence-corrected chi connectivity index (χ1v) is 10.5. The third-order valence-corrected chi connectivity index (χ3v) is 7.11. The van der Waals surface area contributed by atoms with Crippen molar-refractivity contribution in [3.05, 3.63) is 64.2 Å². The molecule has 0 fully saturated rings. The summed E-state index contributed by atoms with van der Waals surface area (Å²) in [5.74, 6) is -0.375. The van der Waals surface area contributed by atoms with Crippen LogP contribution in [0.4, 0.5) is 11.4 Å². The Bertz CT molecular complexity index is 1120. The molecule has 0 spiro atoms. The Kier molecular flexibility index (Phi) is 4.15. The number of nitrogens with zero attached hydrogens (tertiary/aromatic N) is 1. The van der Waals surface area contributed by atoms with Gasteiger partial charge in [0.1, 0.15) is 6.04 Å². The van der Waals surface area contributed by atoms with E-state index >= 15 is 0 Å². The number of sulfonamides is 1. The topological polar surface area (TPSA) is 66.5 Å². The summed E-state index contributed by atoms with van der Waals surface area (Å²) in [5.41, 5.74) is 1.18. The zero-order valence-corrected chi connectivity index (χ0v) is 16.8. The zero-order valence-electron chi connectivity index (χ0n) is 13.8. The third kappa shape index (κ3) is 2.66. The first kappa shape index (κ1) is 17.3. The monoisotopic (exact) mass is 478 g/mol. The largest absolute Gasteiger partial charge is 0.324 e. The maximum absolute atomic E-state index is 13.1. The van der Waals surface area contributed by atoms with Crippen LogP contribution in [-0.4, -0.2) is 20.4 Å². The molecule has 1 N–H and O–H groups in total. The summed E-state index contributed by atoms with van der Waals surface area (Å²) in [6.07, 6.45) is 0. The van der Waals surface area contributed by atoms with E-state index in [0.29, 0.717) is 16.8 Å². The zero-order chi connectivity index (χ0) is 18.5. The lowest BCUT2D eigenvalue weighted by Gasteiger charge is -2.25. The number of hydrogen-bond donors (Lipinski definition) is 1. The van der Waals surface area contributed by atoms with Crippen molar-refractivity contribution >= 4 is 60.7 Å². The molecule has 1 aliphatic rings. The van der Waals surface area contributed by atoms with Gasteiger partial charge in [0.25, 0.3) is 10.0 Å². The van der Waals surface area contributed by atoms with Crippen LogP contribution in [0.5, 0.6) is 0 Å². The molecule has 26 heavy (non-hydrogen) atoms. The summed E-state index contributed by atoms with van der Waals surface area (Å²) in [5, 5.41) is 4.31. The normalized spacial score (nSPS) is 15.8. The molecule has 0 radical (unpaired) electrons. The maximum Gasteiger partial charge on any atom is 0.265 e. The number of carbonyl (C=O) groups is 1. The molecule has 7 heteroatoms. The number of amides is 1. The minimum absolute atomic E-state index is 0.250. The maximum atomic E-state index is 13.1. The number of halogens is 1. The lowest BCUT2D eigenvalue weighted by Crippen LogP contribution is -2.43. The van der Waals surface area contributed by atoms with Gasteiger partial charge >= 0.3 is 0 Å². The van der Waals surface area contributed by atoms with Gasteiger partial charge in [-0.2, -0.15) is 0 Å². The fourth-order valence-electron chi connectivity index (χ4n) is 3.22. The van der Waals surface area contributed by atoms with Gasteiger partial charge in [-0.1, -0.05) is 24.3 Å². The Balaban J connectivity index is 1.72. The van der Waals surface area contributed by atoms with E-state index in [9.17, 15) is 13.2 Å². The molecular formula is C19H15IN2O3S.